The molecule has 2 heterocycles. The molecule has 2 aromatic carbocycles. The first kappa shape index (κ1) is 24.3. The minimum Gasteiger partial charge on any atom is -0.493 e. The van der Waals surface area contributed by atoms with E-state index >= 15 is 0 Å². The number of aryl methyl sites for hydroxylation is 1. The minimum absolute atomic E-state index is 0.0428. The van der Waals surface area contributed by atoms with Gasteiger partial charge in [-0.15, -0.1) is 0 Å². The lowest BCUT2D eigenvalue weighted by Gasteiger charge is -2.28. The Kier molecular flexibility index (Phi) is 6.86. The quantitative estimate of drug-likeness (QED) is 0.360. The van der Waals surface area contributed by atoms with Crippen molar-refractivity contribution in [3.63, 3.8) is 0 Å². The highest BCUT2D eigenvalue weighted by atomic mass is 16.5. The zero-order valence-electron chi connectivity index (χ0n) is 19.4. The Morgan fingerprint density at radius 2 is 1.86 bits per heavy atom. The van der Waals surface area contributed by atoms with E-state index in [2.05, 4.69) is 5.32 Å². The number of barbiturate groups is 1. The second kappa shape index (κ2) is 10.2. The summed E-state index contributed by atoms with van der Waals surface area (Å²) in [6.07, 6.45) is 1.96. The summed E-state index contributed by atoms with van der Waals surface area (Å²) in [4.78, 5) is 50.2. The molecule has 0 unspecified atom stereocenters. The van der Waals surface area contributed by atoms with Crippen LogP contribution in [0.4, 0.5) is 10.5 Å². The molecule has 10 nitrogen and oxygen atoms in total. The number of hydrogen-bond acceptors (Lipinski definition) is 7. The lowest BCUT2D eigenvalue weighted by molar-refractivity contribution is -0.122. The number of carbonyl (C=O) groups excluding carboxylic acids is 3. The third-order valence-electron chi connectivity index (χ3n) is 5.46. The van der Waals surface area contributed by atoms with E-state index in [-0.39, 0.29) is 17.9 Å². The molecule has 4 rings (SSSR count). The average Bonchev–Trinajstić information content (AvgIpc) is 3.35. The normalized spacial score (nSPS) is 14.7. The van der Waals surface area contributed by atoms with Gasteiger partial charge in [0.05, 0.1) is 12.8 Å². The number of hydrogen-bond donors (Lipinski definition) is 2. The Bertz CT molecular complexity index is 1390. The number of carboxylic acid groups (broad SMARTS) is 1. The summed E-state index contributed by atoms with van der Waals surface area (Å²) in [6, 6.07) is 13.7. The number of urea groups is 1. The van der Waals surface area contributed by atoms with Crippen molar-refractivity contribution in [3.8, 4) is 11.5 Å². The van der Waals surface area contributed by atoms with Gasteiger partial charge in [-0.25, -0.2) is 14.5 Å². The monoisotopic (exact) mass is 490 g/mol. The number of amides is 4. The van der Waals surface area contributed by atoms with Crippen molar-refractivity contribution in [2.45, 2.75) is 20.0 Å². The lowest BCUT2D eigenvalue weighted by atomic mass is 10.0. The number of carbonyl (C=O) groups is 4. The minimum atomic E-state index is -1.18. The number of nitrogens with zero attached hydrogens (tertiary/aromatic N) is 1. The van der Waals surface area contributed by atoms with Crippen LogP contribution in [0.2, 0.25) is 0 Å². The van der Waals surface area contributed by atoms with Gasteiger partial charge < -0.3 is 19.0 Å². The molecule has 0 saturated carbocycles. The van der Waals surface area contributed by atoms with Crippen LogP contribution in [-0.4, -0.2) is 36.0 Å². The highest BCUT2D eigenvalue weighted by molar-refractivity contribution is 6.39. The largest absolute Gasteiger partial charge is 0.493 e. The Morgan fingerprint density at radius 1 is 1.08 bits per heavy atom. The van der Waals surface area contributed by atoms with E-state index in [1.807, 2.05) is 19.1 Å². The Hall–Kier alpha value is -4.86. The van der Waals surface area contributed by atoms with Gasteiger partial charge in [0.25, 0.3) is 11.8 Å². The molecule has 0 radical (unpaired) electrons. The maximum atomic E-state index is 13.2. The molecule has 0 bridgehead atoms. The highest BCUT2D eigenvalue weighted by Gasteiger charge is 2.37. The zero-order valence-corrected chi connectivity index (χ0v) is 19.4. The summed E-state index contributed by atoms with van der Waals surface area (Å²) in [5, 5.41) is 11.2. The second-order valence-corrected chi connectivity index (χ2v) is 7.71. The summed E-state index contributed by atoms with van der Waals surface area (Å²) in [5.74, 6) is -1.98. The van der Waals surface area contributed by atoms with Crippen LogP contribution in [-0.2, 0) is 22.6 Å². The fourth-order valence-corrected chi connectivity index (χ4v) is 3.68. The van der Waals surface area contributed by atoms with Gasteiger partial charge in [0.1, 0.15) is 17.9 Å². The molecule has 2 N–H and O–H groups in total. The molecule has 0 atom stereocenters. The number of imide groups is 2. The van der Waals surface area contributed by atoms with E-state index in [1.165, 1.54) is 25.3 Å². The van der Waals surface area contributed by atoms with E-state index < -0.39 is 23.8 Å². The second-order valence-electron chi connectivity index (χ2n) is 7.71. The number of carboxylic acids is 1. The van der Waals surface area contributed by atoms with Gasteiger partial charge >= 0.3 is 12.0 Å². The van der Waals surface area contributed by atoms with Gasteiger partial charge in [-0.2, -0.15) is 0 Å². The predicted molar refractivity (Wildman–Crippen MR) is 128 cm³/mol. The van der Waals surface area contributed by atoms with Crippen LogP contribution in [0.3, 0.4) is 0 Å². The van der Waals surface area contributed by atoms with Crippen LogP contribution >= 0.6 is 0 Å². The van der Waals surface area contributed by atoms with Crippen LogP contribution in [0.25, 0.3) is 6.08 Å². The summed E-state index contributed by atoms with van der Waals surface area (Å²) in [5.41, 5.74) is 1.44. The standard InChI is InChI=1S/C26H22N2O8/c1-3-16-6-4-5-7-19(16)28-24(30)18(23(29)27-26(28)33)12-15-8-10-20(22(13-15)34-2)35-14-17-9-11-21(36-17)25(31)32/h4-13H,3,14H2,1-2H3,(H,31,32)(H,27,29,33). The molecule has 1 aromatic heterocycles. The van der Waals surface area contributed by atoms with Crippen molar-refractivity contribution in [2.24, 2.45) is 0 Å². The number of para-hydroxylation sites is 1. The summed E-state index contributed by atoms with van der Waals surface area (Å²) in [7, 11) is 1.43. The molecular weight excluding hydrogens is 468 g/mol. The van der Waals surface area contributed by atoms with E-state index in [0.29, 0.717) is 34.9 Å². The average molecular weight is 490 g/mol. The number of ether oxygens (including phenoxy) is 2. The molecule has 10 heteroatoms. The van der Waals surface area contributed by atoms with Crippen molar-refractivity contribution in [1.29, 1.82) is 0 Å². The van der Waals surface area contributed by atoms with Crippen LogP contribution < -0.4 is 19.7 Å². The Balaban J connectivity index is 1.59. The summed E-state index contributed by atoms with van der Waals surface area (Å²) in [6.45, 7) is 1.86. The number of rotatable bonds is 8. The van der Waals surface area contributed by atoms with E-state index in [4.69, 9.17) is 19.0 Å². The molecule has 3 aromatic rings. The van der Waals surface area contributed by atoms with Gasteiger partial charge in [0.2, 0.25) is 5.76 Å². The highest BCUT2D eigenvalue weighted by Crippen LogP contribution is 2.31. The lowest BCUT2D eigenvalue weighted by Crippen LogP contribution is -2.54. The first-order valence-electron chi connectivity index (χ1n) is 10.9. The molecule has 0 aliphatic carbocycles. The first-order valence-corrected chi connectivity index (χ1v) is 10.9. The zero-order chi connectivity index (χ0) is 25.8. The summed E-state index contributed by atoms with van der Waals surface area (Å²) >= 11 is 0. The fraction of sp³-hybridized carbons (Fsp3) is 0.154. The molecule has 1 aliphatic heterocycles. The van der Waals surface area contributed by atoms with Crippen LogP contribution in [0.1, 0.15) is 34.4 Å². The van der Waals surface area contributed by atoms with E-state index in [1.54, 1.807) is 30.3 Å². The molecule has 1 aliphatic rings. The van der Waals surface area contributed by atoms with Crippen LogP contribution in [0.15, 0.2) is 64.6 Å². The van der Waals surface area contributed by atoms with Gasteiger partial charge in [-0.05, 0) is 54.0 Å². The fourth-order valence-electron chi connectivity index (χ4n) is 3.68. The Labute approximate surface area is 205 Å². The number of anilines is 1. The van der Waals surface area contributed by atoms with Crippen molar-refractivity contribution < 1.29 is 38.2 Å². The Morgan fingerprint density at radius 3 is 2.56 bits per heavy atom. The van der Waals surface area contributed by atoms with Crippen LogP contribution in [0, 0.1) is 0 Å². The molecule has 184 valence electrons. The maximum absolute atomic E-state index is 13.2. The number of benzene rings is 2. The van der Waals surface area contributed by atoms with Gasteiger partial charge in [0.15, 0.2) is 11.5 Å². The molecular formula is C26H22N2O8. The smallest absolute Gasteiger partial charge is 0.371 e. The first-order chi connectivity index (χ1) is 17.3. The third-order valence-corrected chi connectivity index (χ3v) is 5.46. The van der Waals surface area contributed by atoms with E-state index in [0.717, 1.165) is 10.5 Å². The van der Waals surface area contributed by atoms with Gasteiger partial charge in [-0.3, -0.25) is 14.9 Å². The molecule has 1 fully saturated rings. The van der Waals surface area contributed by atoms with Crippen molar-refractivity contribution in [1.82, 2.24) is 5.32 Å². The van der Waals surface area contributed by atoms with Gasteiger partial charge in [-0.1, -0.05) is 31.2 Å². The van der Waals surface area contributed by atoms with E-state index in [9.17, 15) is 19.2 Å². The summed E-state index contributed by atoms with van der Waals surface area (Å²) < 4.78 is 16.2. The third kappa shape index (κ3) is 4.83. The topological polar surface area (TPSA) is 135 Å². The van der Waals surface area contributed by atoms with Crippen molar-refractivity contribution in [3.05, 3.63) is 82.8 Å². The number of furan rings is 1. The number of methoxy groups -OCH3 is 1. The molecule has 0 spiro atoms. The SMILES string of the molecule is CCc1ccccc1N1C(=O)NC(=O)C(=Cc2ccc(OCc3ccc(C(=O)O)o3)c(OC)c2)C1=O. The van der Waals surface area contributed by atoms with Gasteiger partial charge in [0, 0.05) is 0 Å². The number of aromatic carboxylic acids is 1. The molecule has 4 amide bonds. The van der Waals surface area contributed by atoms with Crippen molar-refractivity contribution in [2.75, 3.05) is 12.0 Å². The molecule has 36 heavy (non-hydrogen) atoms. The van der Waals surface area contributed by atoms with Crippen LogP contribution in [0.5, 0.6) is 11.5 Å². The van der Waals surface area contributed by atoms with Crippen molar-refractivity contribution >= 4 is 35.6 Å². The molecule has 1 saturated heterocycles. The maximum Gasteiger partial charge on any atom is 0.371 e. The number of nitrogens with one attached hydrogen (secondary N) is 1. The predicted octanol–water partition coefficient (Wildman–Crippen LogP) is 3.79.